The fourth-order valence-corrected chi connectivity index (χ4v) is 5.14. The number of benzene rings is 1. The lowest BCUT2D eigenvalue weighted by Crippen LogP contribution is -2.48. The summed E-state index contributed by atoms with van der Waals surface area (Å²) in [7, 11) is 1.44. The second-order valence-electron chi connectivity index (χ2n) is 9.42. The van der Waals surface area contributed by atoms with Crippen LogP contribution in [0.2, 0.25) is 0 Å². The summed E-state index contributed by atoms with van der Waals surface area (Å²) >= 11 is 0. The molecule has 0 aliphatic carbocycles. The van der Waals surface area contributed by atoms with Crippen molar-refractivity contribution in [3.63, 3.8) is 0 Å². The number of nitrogens with two attached hydrogens (primary N) is 1. The van der Waals surface area contributed by atoms with E-state index in [-0.39, 0.29) is 37.5 Å². The van der Waals surface area contributed by atoms with Crippen LogP contribution in [-0.4, -0.2) is 86.0 Å². The number of rotatable bonds is 6. The molecule has 1 aromatic carbocycles. The molecule has 4 aromatic rings. The van der Waals surface area contributed by atoms with Crippen LogP contribution in [0.15, 0.2) is 24.4 Å². The SMILES string of the molecule is COc1nc(N)nn2cc([C@@H]3CN(C4COC4)CC3(F)F)c(-c3ccc4nnn(C[C@@H](C)F)c4c3)c12. The Morgan fingerprint density at radius 2 is 2.11 bits per heavy atom. The number of hydrogen-bond acceptors (Lipinski definition) is 8. The maximum atomic E-state index is 15.5. The molecular weight excluding hydrogens is 477 g/mol. The van der Waals surface area contributed by atoms with Gasteiger partial charge >= 0.3 is 0 Å². The molecule has 0 radical (unpaired) electrons. The van der Waals surface area contributed by atoms with Gasteiger partial charge in [0.1, 0.15) is 17.2 Å². The number of likely N-dealkylation sites (tertiary alicyclic amines) is 1. The number of anilines is 1. The zero-order valence-corrected chi connectivity index (χ0v) is 19.7. The Bertz CT molecular complexity index is 1450. The van der Waals surface area contributed by atoms with Crippen LogP contribution in [0.1, 0.15) is 18.4 Å². The summed E-state index contributed by atoms with van der Waals surface area (Å²) in [5.41, 5.74) is 8.96. The molecule has 10 nitrogen and oxygen atoms in total. The number of halogens is 3. The third-order valence-corrected chi connectivity index (χ3v) is 6.92. The number of methoxy groups -OCH3 is 1. The van der Waals surface area contributed by atoms with Gasteiger partial charge in [-0.05, 0) is 30.2 Å². The van der Waals surface area contributed by atoms with Gasteiger partial charge in [-0.15, -0.1) is 10.2 Å². The highest BCUT2D eigenvalue weighted by molar-refractivity contribution is 5.92. The van der Waals surface area contributed by atoms with Gasteiger partial charge < -0.3 is 15.2 Å². The Labute approximate surface area is 203 Å². The third-order valence-electron chi connectivity index (χ3n) is 6.92. The summed E-state index contributed by atoms with van der Waals surface area (Å²) in [4.78, 5) is 5.97. The number of nitrogens with zero attached hydrogens (tertiary/aromatic N) is 7. The van der Waals surface area contributed by atoms with Gasteiger partial charge in [-0.25, -0.2) is 22.4 Å². The zero-order valence-electron chi connectivity index (χ0n) is 19.7. The molecule has 3 aromatic heterocycles. The van der Waals surface area contributed by atoms with Gasteiger partial charge in [0, 0.05) is 18.3 Å². The molecule has 0 unspecified atom stereocenters. The van der Waals surface area contributed by atoms with E-state index in [1.54, 1.807) is 29.3 Å². The minimum atomic E-state index is -2.99. The summed E-state index contributed by atoms with van der Waals surface area (Å²) < 4.78 is 58.4. The minimum absolute atomic E-state index is 0.0192. The van der Waals surface area contributed by atoms with Gasteiger partial charge in [-0.3, -0.25) is 4.90 Å². The average molecular weight is 503 g/mol. The van der Waals surface area contributed by atoms with Crippen LogP contribution >= 0.6 is 0 Å². The maximum absolute atomic E-state index is 15.5. The number of fused-ring (bicyclic) bond motifs is 2. The molecule has 2 atom stereocenters. The standard InChI is InChI=1S/C23H25F3N8O2/c1-12(24)6-33-18-5-13(3-4-17(18)29-31-33)19-15(7-34-20(19)21(35-2)28-22(27)30-34)16-8-32(11-23(16,25)26)14-9-36-10-14/h3-5,7,12,14,16H,6,8-11H2,1-2H3,(H2,27,30)/t12-,16+/m1/s1. The maximum Gasteiger partial charge on any atom is 0.268 e. The lowest BCUT2D eigenvalue weighted by molar-refractivity contribution is -0.0714. The Balaban J connectivity index is 1.56. The van der Waals surface area contributed by atoms with Crippen molar-refractivity contribution in [1.82, 2.24) is 34.5 Å². The van der Waals surface area contributed by atoms with E-state index in [9.17, 15) is 4.39 Å². The summed E-state index contributed by atoms with van der Waals surface area (Å²) in [5, 5.41) is 12.4. The van der Waals surface area contributed by atoms with Crippen LogP contribution in [0.4, 0.5) is 19.1 Å². The predicted molar refractivity (Wildman–Crippen MR) is 125 cm³/mol. The summed E-state index contributed by atoms with van der Waals surface area (Å²) in [6.45, 7) is 2.16. The molecule has 190 valence electrons. The normalized spacial score (nSPS) is 21.3. The van der Waals surface area contributed by atoms with E-state index in [4.69, 9.17) is 15.2 Å². The van der Waals surface area contributed by atoms with E-state index in [1.807, 2.05) is 0 Å². The van der Waals surface area contributed by atoms with Crippen molar-refractivity contribution in [2.45, 2.75) is 37.5 Å². The van der Waals surface area contributed by atoms with Gasteiger partial charge in [0.2, 0.25) is 11.8 Å². The Kier molecular flexibility index (Phi) is 5.30. The first kappa shape index (κ1) is 23.0. The molecule has 36 heavy (non-hydrogen) atoms. The first-order chi connectivity index (χ1) is 17.2. The summed E-state index contributed by atoms with van der Waals surface area (Å²) in [6, 6.07) is 5.27. The van der Waals surface area contributed by atoms with E-state index in [1.165, 1.54) is 23.2 Å². The van der Waals surface area contributed by atoms with Gasteiger partial charge in [0.25, 0.3) is 5.92 Å². The van der Waals surface area contributed by atoms with Crippen molar-refractivity contribution in [1.29, 1.82) is 0 Å². The fourth-order valence-electron chi connectivity index (χ4n) is 5.14. The first-order valence-corrected chi connectivity index (χ1v) is 11.6. The van der Waals surface area contributed by atoms with Crippen molar-refractivity contribution < 1.29 is 22.6 Å². The molecule has 6 rings (SSSR count). The smallest absolute Gasteiger partial charge is 0.268 e. The summed E-state index contributed by atoms with van der Waals surface area (Å²) in [5.74, 6) is -3.98. The van der Waals surface area contributed by atoms with Crippen molar-refractivity contribution in [2.75, 3.05) is 39.1 Å². The zero-order chi connectivity index (χ0) is 25.2. The number of hydrogen-bond donors (Lipinski definition) is 1. The van der Waals surface area contributed by atoms with Gasteiger partial charge in [0.05, 0.1) is 50.9 Å². The molecule has 0 bridgehead atoms. The van der Waals surface area contributed by atoms with Crippen LogP contribution in [0.25, 0.3) is 27.7 Å². The minimum Gasteiger partial charge on any atom is -0.479 e. The van der Waals surface area contributed by atoms with E-state index >= 15 is 8.78 Å². The summed E-state index contributed by atoms with van der Waals surface area (Å²) in [6.07, 6.45) is 0.438. The molecule has 2 aliphatic rings. The van der Waals surface area contributed by atoms with Gasteiger partial charge in [0.15, 0.2) is 0 Å². The van der Waals surface area contributed by atoms with Crippen LogP contribution in [0.3, 0.4) is 0 Å². The molecule has 2 N–H and O–H groups in total. The topological polar surface area (TPSA) is 109 Å². The third kappa shape index (κ3) is 3.64. The first-order valence-electron chi connectivity index (χ1n) is 11.6. The van der Waals surface area contributed by atoms with Crippen LogP contribution in [-0.2, 0) is 11.3 Å². The largest absolute Gasteiger partial charge is 0.479 e. The van der Waals surface area contributed by atoms with Gasteiger partial charge in [-0.1, -0.05) is 11.3 Å². The highest BCUT2D eigenvalue weighted by atomic mass is 19.3. The Hall–Kier alpha value is -3.45. The molecular formula is C23H25F3N8O2. The number of alkyl halides is 3. The fraction of sp³-hybridized carbons (Fsp3) is 0.478. The molecule has 13 heteroatoms. The van der Waals surface area contributed by atoms with E-state index in [0.717, 1.165) is 0 Å². The molecule has 5 heterocycles. The second-order valence-corrected chi connectivity index (χ2v) is 9.42. The number of nitrogen functional groups attached to an aromatic ring is 1. The molecule has 2 saturated heterocycles. The van der Waals surface area contributed by atoms with E-state index in [0.29, 0.717) is 46.5 Å². The van der Waals surface area contributed by atoms with Crippen molar-refractivity contribution >= 4 is 22.5 Å². The van der Waals surface area contributed by atoms with E-state index < -0.39 is 18.0 Å². The van der Waals surface area contributed by atoms with Gasteiger partial charge in [-0.2, -0.15) is 4.98 Å². The van der Waals surface area contributed by atoms with Crippen LogP contribution < -0.4 is 10.5 Å². The second kappa shape index (κ2) is 8.30. The molecule has 0 amide bonds. The predicted octanol–water partition coefficient (Wildman–Crippen LogP) is 2.52. The highest BCUT2D eigenvalue weighted by Crippen LogP contribution is 2.47. The monoisotopic (exact) mass is 502 g/mol. The number of aromatic nitrogens is 6. The molecule has 0 spiro atoms. The average Bonchev–Trinajstić information content (AvgIpc) is 3.44. The highest BCUT2D eigenvalue weighted by Gasteiger charge is 2.52. The van der Waals surface area contributed by atoms with Crippen molar-refractivity contribution in [3.8, 4) is 17.0 Å². The van der Waals surface area contributed by atoms with E-state index in [2.05, 4.69) is 20.4 Å². The van der Waals surface area contributed by atoms with Crippen LogP contribution in [0, 0.1) is 0 Å². The van der Waals surface area contributed by atoms with Crippen molar-refractivity contribution in [2.24, 2.45) is 0 Å². The molecule has 2 aliphatic heterocycles. The lowest BCUT2D eigenvalue weighted by Gasteiger charge is -2.34. The Morgan fingerprint density at radius 1 is 1.31 bits per heavy atom. The van der Waals surface area contributed by atoms with Crippen LogP contribution in [0.5, 0.6) is 5.88 Å². The molecule has 0 saturated carbocycles. The molecule has 2 fully saturated rings. The number of ether oxygens (including phenoxy) is 2. The quantitative estimate of drug-likeness (QED) is 0.429. The lowest BCUT2D eigenvalue weighted by atomic mass is 9.90. The van der Waals surface area contributed by atoms with Crippen molar-refractivity contribution in [3.05, 3.63) is 30.0 Å². The Morgan fingerprint density at radius 3 is 2.81 bits per heavy atom.